The van der Waals surface area contributed by atoms with E-state index >= 15 is 0 Å². The van der Waals surface area contributed by atoms with Gasteiger partial charge >= 0.3 is 5.97 Å². The largest absolute Gasteiger partial charge is 0.467 e. The molecular weight excluding hydrogens is 312 g/mol. The van der Waals surface area contributed by atoms with Crippen LogP contribution in [-0.2, 0) is 16.0 Å². The van der Waals surface area contributed by atoms with Crippen LogP contribution in [0.1, 0.15) is 36.9 Å². The van der Waals surface area contributed by atoms with Crippen LogP contribution in [0.4, 0.5) is 0 Å². The molecule has 4 nitrogen and oxygen atoms in total. The lowest BCUT2D eigenvalue weighted by molar-refractivity contribution is -0.158. The predicted octanol–water partition coefficient (Wildman–Crippen LogP) is 3.39. The minimum absolute atomic E-state index is 0.0877. The van der Waals surface area contributed by atoms with E-state index in [2.05, 4.69) is 47.1 Å². The monoisotopic (exact) mass is 336 g/mol. The number of aromatic nitrogens is 1. The molecule has 1 aromatic carbocycles. The molecule has 0 saturated carbocycles. The van der Waals surface area contributed by atoms with Crippen molar-refractivity contribution in [1.29, 1.82) is 0 Å². The highest BCUT2D eigenvalue weighted by Gasteiger charge is 2.61. The number of benzene rings is 1. The lowest BCUT2D eigenvalue weighted by Crippen LogP contribution is -2.66. The number of ether oxygens (including phenoxy) is 1. The highest BCUT2D eigenvalue weighted by Crippen LogP contribution is 2.55. The molecule has 1 aliphatic carbocycles. The summed E-state index contributed by atoms with van der Waals surface area (Å²) in [5, 5.41) is 1.31. The number of esters is 1. The topological polar surface area (TPSA) is 45.3 Å². The fraction of sp³-hybridized carbons (Fsp3) is 0.476. The summed E-state index contributed by atoms with van der Waals surface area (Å²) in [5.41, 5.74) is 4.47. The third-order valence-corrected chi connectivity index (χ3v) is 6.63. The van der Waals surface area contributed by atoms with E-state index in [1.165, 1.54) is 34.8 Å². The number of nitrogens with zero attached hydrogens (tertiary/aromatic N) is 1. The molecule has 0 amide bonds. The Labute approximate surface area is 147 Å². The van der Waals surface area contributed by atoms with Crippen LogP contribution in [0.2, 0.25) is 0 Å². The highest BCUT2D eigenvalue weighted by atomic mass is 16.5. The van der Waals surface area contributed by atoms with Gasteiger partial charge in [0.1, 0.15) is 5.54 Å². The zero-order valence-electron chi connectivity index (χ0n) is 14.8. The molecule has 1 N–H and O–H groups in total. The minimum Gasteiger partial charge on any atom is -0.467 e. The highest BCUT2D eigenvalue weighted by molar-refractivity contribution is 5.90. The molecule has 4 aliphatic rings. The molecule has 4 atom stereocenters. The van der Waals surface area contributed by atoms with Gasteiger partial charge in [-0.25, -0.2) is 4.79 Å². The first-order valence-electron chi connectivity index (χ1n) is 9.34. The predicted molar refractivity (Wildman–Crippen MR) is 97.5 cm³/mol. The number of carbonyl (C=O) groups is 1. The van der Waals surface area contributed by atoms with Gasteiger partial charge in [0.2, 0.25) is 0 Å². The number of carbonyl (C=O) groups excluding carboxylic acids is 1. The van der Waals surface area contributed by atoms with Crippen molar-refractivity contribution >= 4 is 16.9 Å². The molecule has 4 heteroatoms. The van der Waals surface area contributed by atoms with Gasteiger partial charge in [-0.2, -0.15) is 0 Å². The van der Waals surface area contributed by atoms with Crippen LogP contribution >= 0.6 is 0 Å². The Hall–Kier alpha value is -2.07. The summed E-state index contributed by atoms with van der Waals surface area (Å²) >= 11 is 0. The molecule has 1 saturated heterocycles. The molecular formula is C21H24N2O2. The Morgan fingerprint density at radius 3 is 3.04 bits per heavy atom. The number of aromatic amines is 1. The van der Waals surface area contributed by atoms with Gasteiger partial charge in [-0.1, -0.05) is 31.2 Å². The maximum absolute atomic E-state index is 13.2. The van der Waals surface area contributed by atoms with Crippen molar-refractivity contribution in [2.75, 3.05) is 20.2 Å². The molecule has 2 aromatic rings. The second kappa shape index (κ2) is 5.21. The van der Waals surface area contributed by atoms with Crippen molar-refractivity contribution in [3.8, 4) is 0 Å². The zero-order chi connectivity index (χ0) is 17.2. The Morgan fingerprint density at radius 1 is 1.40 bits per heavy atom. The van der Waals surface area contributed by atoms with Gasteiger partial charge in [0.25, 0.3) is 0 Å². The van der Waals surface area contributed by atoms with Crippen LogP contribution in [0.3, 0.4) is 0 Å². The van der Waals surface area contributed by atoms with Gasteiger partial charge in [0, 0.05) is 35.6 Å². The quantitative estimate of drug-likeness (QED) is 0.675. The SMILES string of the molecule is CCC1=CC2C[C@@H]3c4[nH]c5ccccc5c4CCN(C2)[C@]13C(=O)OC. The molecule has 6 rings (SSSR count). The molecule has 2 unspecified atom stereocenters. The summed E-state index contributed by atoms with van der Waals surface area (Å²) in [5.74, 6) is 0.600. The van der Waals surface area contributed by atoms with E-state index in [1.807, 2.05) is 0 Å². The first kappa shape index (κ1) is 15.2. The molecule has 1 aromatic heterocycles. The number of rotatable bonds is 2. The zero-order valence-corrected chi connectivity index (χ0v) is 14.8. The summed E-state index contributed by atoms with van der Waals surface area (Å²) < 4.78 is 5.39. The van der Waals surface area contributed by atoms with E-state index in [4.69, 9.17) is 4.74 Å². The summed E-state index contributed by atoms with van der Waals surface area (Å²) in [6, 6.07) is 8.53. The molecule has 1 fully saturated rings. The van der Waals surface area contributed by atoms with Crippen LogP contribution in [0.5, 0.6) is 0 Å². The molecule has 25 heavy (non-hydrogen) atoms. The van der Waals surface area contributed by atoms with Crippen molar-refractivity contribution in [2.24, 2.45) is 5.92 Å². The molecule has 0 spiro atoms. The van der Waals surface area contributed by atoms with E-state index in [9.17, 15) is 4.79 Å². The summed E-state index contributed by atoms with van der Waals surface area (Å²) in [4.78, 5) is 19.3. The smallest absolute Gasteiger partial charge is 0.331 e. The number of hydrogen-bond acceptors (Lipinski definition) is 3. The van der Waals surface area contributed by atoms with Crippen molar-refractivity contribution in [3.63, 3.8) is 0 Å². The first-order valence-corrected chi connectivity index (χ1v) is 9.34. The third kappa shape index (κ3) is 1.78. The fourth-order valence-electron chi connectivity index (χ4n) is 5.73. The van der Waals surface area contributed by atoms with Crippen molar-refractivity contribution < 1.29 is 9.53 Å². The van der Waals surface area contributed by atoms with Gasteiger partial charge in [-0.05, 0) is 42.4 Å². The molecule has 4 heterocycles. The lowest BCUT2D eigenvalue weighted by atomic mass is 9.62. The van der Waals surface area contributed by atoms with Crippen LogP contribution in [0, 0.1) is 5.92 Å². The van der Waals surface area contributed by atoms with Crippen LogP contribution in [-0.4, -0.2) is 41.6 Å². The van der Waals surface area contributed by atoms with Gasteiger partial charge in [0.15, 0.2) is 0 Å². The van der Waals surface area contributed by atoms with Crippen LogP contribution in [0.15, 0.2) is 35.9 Å². The van der Waals surface area contributed by atoms with Crippen molar-refractivity contribution in [3.05, 3.63) is 47.2 Å². The van der Waals surface area contributed by atoms with Crippen molar-refractivity contribution in [1.82, 2.24) is 9.88 Å². The first-order chi connectivity index (χ1) is 12.2. The number of H-pyrrole nitrogens is 1. The Morgan fingerprint density at radius 2 is 2.24 bits per heavy atom. The molecule has 0 radical (unpaired) electrons. The van der Waals surface area contributed by atoms with E-state index in [0.717, 1.165) is 32.4 Å². The Bertz CT molecular complexity index is 896. The van der Waals surface area contributed by atoms with E-state index < -0.39 is 5.54 Å². The molecule has 130 valence electrons. The van der Waals surface area contributed by atoms with Crippen LogP contribution in [0.25, 0.3) is 10.9 Å². The number of para-hydroxylation sites is 1. The maximum Gasteiger partial charge on any atom is 0.331 e. The number of methoxy groups -OCH3 is 1. The number of nitrogens with one attached hydrogen (secondary N) is 1. The summed E-state index contributed by atoms with van der Waals surface area (Å²) in [6.07, 6.45) is 5.26. The third-order valence-electron chi connectivity index (χ3n) is 6.63. The van der Waals surface area contributed by atoms with Crippen molar-refractivity contribution in [2.45, 2.75) is 37.6 Å². The van der Waals surface area contributed by atoms with E-state index in [0.29, 0.717) is 5.92 Å². The van der Waals surface area contributed by atoms with Crippen LogP contribution < -0.4 is 0 Å². The van der Waals surface area contributed by atoms with Gasteiger partial charge in [0.05, 0.1) is 7.11 Å². The minimum atomic E-state index is -0.621. The van der Waals surface area contributed by atoms with E-state index in [-0.39, 0.29) is 11.9 Å². The van der Waals surface area contributed by atoms with Gasteiger partial charge in [-0.3, -0.25) is 4.90 Å². The Balaban J connectivity index is 1.80. The number of fused-ring (bicyclic) bond motifs is 3. The average molecular weight is 336 g/mol. The summed E-state index contributed by atoms with van der Waals surface area (Å²) in [7, 11) is 1.53. The molecule has 4 bridgehead atoms. The standard InChI is InChI=1S/C21H24N2O2/c1-3-14-10-13-11-17-19-16(15-6-4-5-7-18(15)22-19)8-9-23(12-13)21(14,17)20(24)25-2/h4-7,10,13,17,22H,3,8-9,11-12H2,1-2H3/t13?,17-,21-/m1/s1. The second-order valence-corrected chi connectivity index (χ2v) is 7.61. The second-order valence-electron chi connectivity index (χ2n) is 7.61. The number of piperidine rings is 1. The summed E-state index contributed by atoms with van der Waals surface area (Å²) in [6.45, 7) is 4.04. The normalized spacial score (nSPS) is 32.9. The maximum atomic E-state index is 13.2. The fourth-order valence-corrected chi connectivity index (χ4v) is 5.73. The number of hydrogen-bond donors (Lipinski definition) is 1. The molecule has 3 aliphatic heterocycles. The van der Waals surface area contributed by atoms with E-state index in [1.54, 1.807) is 0 Å². The average Bonchev–Trinajstić information content (AvgIpc) is 2.99. The van der Waals surface area contributed by atoms with Gasteiger partial charge in [-0.15, -0.1) is 0 Å². The van der Waals surface area contributed by atoms with Gasteiger partial charge < -0.3 is 9.72 Å². The Kier molecular flexibility index (Phi) is 3.17. The lowest BCUT2D eigenvalue weighted by Gasteiger charge is -2.55.